The van der Waals surface area contributed by atoms with Crippen LogP contribution in [0.4, 0.5) is 10.3 Å². The molecule has 4 rings (SSSR count). The van der Waals surface area contributed by atoms with Gasteiger partial charge < -0.3 is 0 Å². The Morgan fingerprint density at radius 1 is 1.37 bits per heavy atom. The lowest BCUT2D eigenvalue weighted by Crippen LogP contribution is -2.52. The number of imide groups is 1. The Balaban J connectivity index is 1.61. The second-order valence-corrected chi connectivity index (χ2v) is 6.85. The molecule has 2 atom stereocenters. The number of nitrogens with one attached hydrogen (secondary N) is 1. The van der Waals surface area contributed by atoms with Gasteiger partial charge in [-0.2, -0.15) is 0 Å². The van der Waals surface area contributed by atoms with Crippen molar-refractivity contribution in [3.05, 3.63) is 47.5 Å². The summed E-state index contributed by atoms with van der Waals surface area (Å²) < 4.78 is 12.9. The maximum atomic E-state index is 13.0. The highest BCUT2D eigenvalue weighted by atomic mass is 19.1. The van der Waals surface area contributed by atoms with Crippen molar-refractivity contribution in [3.8, 4) is 0 Å². The van der Waals surface area contributed by atoms with Gasteiger partial charge in [0, 0.05) is 5.56 Å². The summed E-state index contributed by atoms with van der Waals surface area (Å²) in [5.41, 5.74) is 0.667. The van der Waals surface area contributed by atoms with Gasteiger partial charge in [0.2, 0.25) is 17.8 Å². The number of fused-ring (bicyclic) bond motifs is 2. The molecule has 3 amide bonds. The summed E-state index contributed by atoms with van der Waals surface area (Å²) in [6.45, 7) is 1.45. The lowest BCUT2D eigenvalue weighted by atomic mass is 9.80. The smallest absolute Gasteiger partial charge is 0.261 e. The Morgan fingerprint density at radius 2 is 2.04 bits per heavy atom. The van der Waals surface area contributed by atoms with Crippen LogP contribution in [0.2, 0.25) is 0 Å². The van der Waals surface area contributed by atoms with E-state index in [1.165, 1.54) is 0 Å². The largest absolute Gasteiger partial charge is 0.293 e. The summed E-state index contributed by atoms with van der Waals surface area (Å²) in [5.74, 6) is -2.31. The molecule has 0 bridgehead atoms. The van der Waals surface area contributed by atoms with Crippen LogP contribution in [0.5, 0.6) is 0 Å². The number of amides is 3. The second-order valence-electron chi connectivity index (χ2n) is 6.85. The van der Waals surface area contributed by atoms with Crippen molar-refractivity contribution in [2.24, 2.45) is 5.92 Å². The third-order valence-electron chi connectivity index (χ3n) is 5.11. The van der Waals surface area contributed by atoms with E-state index in [4.69, 9.17) is 7.85 Å². The number of hydrogen-bond donors (Lipinski definition) is 1. The van der Waals surface area contributed by atoms with E-state index in [9.17, 15) is 18.8 Å². The van der Waals surface area contributed by atoms with E-state index in [0.29, 0.717) is 23.0 Å². The average molecular weight is 364 g/mol. The average Bonchev–Trinajstić information content (AvgIpc) is 3.31. The van der Waals surface area contributed by atoms with Crippen molar-refractivity contribution in [1.29, 1.82) is 0 Å². The molecule has 1 fully saturated rings. The third kappa shape index (κ3) is 2.70. The molecule has 2 unspecified atom stereocenters. The van der Waals surface area contributed by atoms with Crippen LogP contribution in [0.3, 0.4) is 0 Å². The maximum absolute atomic E-state index is 13.0. The molecule has 1 aliphatic carbocycles. The first-order chi connectivity index (χ1) is 12.8. The van der Waals surface area contributed by atoms with Gasteiger partial charge in [-0.05, 0) is 24.0 Å². The second kappa shape index (κ2) is 5.97. The third-order valence-corrected chi connectivity index (χ3v) is 5.11. The monoisotopic (exact) mass is 364 g/mol. The summed E-state index contributed by atoms with van der Waals surface area (Å²) in [5, 5.41) is 2.36. The summed E-state index contributed by atoms with van der Waals surface area (Å²) in [6, 6.07) is 4.84. The first-order valence-electron chi connectivity index (χ1n) is 8.36. The van der Waals surface area contributed by atoms with Crippen LogP contribution in [0.25, 0.3) is 0 Å². The van der Waals surface area contributed by atoms with E-state index in [0.717, 1.165) is 17.3 Å². The lowest BCUT2D eigenvalue weighted by Gasteiger charge is -2.33. The van der Waals surface area contributed by atoms with Crippen molar-refractivity contribution in [2.75, 3.05) is 11.9 Å². The zero-order valence-electron chi connectivity index (χ0n) is 14.4. The van der Waals surface area contributed by atoms with Gasteiger partial charge in [0.25, 0.3) is 5.91 Å². The van der Waals surface area contributed by atoms with Gasteiger partial charge in [0.1, 0.15) is 14.4 Å². The summed E-state index contributed by atoms with van der Waals surface area (Å²) in [7, 11) is 5.84. The molecule has 2 heterocycles. The van der Waals surface area contributed by atoms with E-state index >= 15 is 0 Å². The molecular formula is C18H14BFN4O3. The summed E-state index contributed by atoms with van der Waals surface area (Å²) >= 11 is 0. The first kappa shape index (κ1) is 17.3. The molecule has 2 aromatic rings. The van der Waals surface area contributed by atoms with E-state index in [1.807, 2.05) is 6.92 Å². The van der Waals surface area contributed by atoms with Crippen LogP contribution < -0.4 is 10.8 Å². The molecule has 134 valence electrons. The molecule has 1 N–H and O–H groups in total. The highest BCUT2D eigenvalue weighted by Gasteiger charge is 2.64. The van der Waals surface area contributed by atoms with E-state index in [2.05, 4.69) is 15.3 Å². The Labute approximate surface area is 155 Å². The van der Waals surface area contributed by atoms with Gasteiger partial charge in [0.05, 0.1) is 17.8 Å². The predicted octanol–water partition coefficient (Wildman–Crippen LogP) is 0.308. The Morgan fingerprint density at radius 3 is 2.67 bits per heavy atom. The molecule has 2 radical (unpaired) electrons. The maximum Gasteiger partial charge on any atom is 0.261 e. The molecule has 27 heavy (non-hydrogen) atoms. The van der Waals surface area contributed by atoms with Crippen LogP contribution in [-0.2, 0) is 15.0 Å². The molecule has 1 aromatic heterocycles. The number of aromatic nitrogens is 2. The van der Waals surface area contributed by atoms with Crippen LogP contribution in [-0.4, -0.2) is 47.0 Å². The first-order valence-corrected chi connectivity index (χ1v) is 8.36. The SMILES string of the molecule is [B]c1ccc2c(c1)C1(CC1C)C(=O)N(CC(=O)Nc1ncc(F)cn1)C2=O. The van der Waals surface area contributed by atoms with Crippen LogP contribution >= 0.6 is 0 Å². The predicted molar refractivity (Wildman–Crippen MR) is 94.0 cm³/mol. The van der Waals surface area contributed by atoms with Gasteiger partial charge in [-0.1, -0.05) is 24.5 Å². The number of hydrogen-bond acceptors (Lipinski definition) is 5. The van der Waals surface area contributed by atoms with Gasteiger partial charge >= 0.3 is 0 Å². The Hall–Kier alpha value is -3.10. The van der Waals surface area contributed by atoms with Crippen LogP contribution in [0.15, 0.2) is 30.6 Å². The molecule has 1 aliphatic heterocycles. The van der Waals surface area contributed by atoms with Crippen LogP contribution in [0, 0.1) is 11.7 Å². The Kier molecular flexibility index (Phi) is 3.83. The summed E-state index contributed by atoms with van der Waals surface area (Å²) in [6.07, 6.45) is 2.40. The van der Waals surface area contributed by atoms with Gasteiger partial charge in [0.15, 0.2) is 5.82 Å². The molecule has 1 aromatic carbocycles. The number of nitrogens with zero attached hydrogens (tertiary/aromatic N) is 3. The van der Waals surface area contributed by atoms with Crippen molar-refractivity contribution >= 4 is 37.0 Å². The van der Waals surface area contributed by atoms with E-state index in [1.54, 1.807) is 18.2 Å². The van der Waals surface area contributed by atoms with Crippen molar-refractivity contribution in [3.63, 3.8) is 0 Å². The fraction of sp³-hybridized carbons (Fsp3) is 0.278. The number of anilines is 1. The van der Waals surface area contributed by atoms with Crippen molar-refractivity contribution < 1.29 is 18.8 Å². The van der Waals surface area contributed by atoms with Gasteiger partial charge in [-0.3, -0.25) is 24.6 Å². The number of carbonyl (C=O) groups is 3. The van der Waals surface area contributed by atoms with Gasteiger partial charge in [-0.15, -0.1) is 0 Å². The molecule has 0 saturated heterocycles. The zero-order chi connectivity index (χ0) is 19.3. The highest BCUT2D eigenvalue weighted by molar-refractivity contribution is 6.32. The normalized spacial score (nSPS) is 23.3. The minimum atomic E-state index is -0.814. The van der Waals surface area contributed by atoms with Crippen molar-refractivity contribution in [1.82, 2.24) is 14.9 Å². The highest BCUT2D eigenvalue weighted by Crippen LogP contribution is 2.57. The number of benzene rings is 1. The zero-order valence-corrected chi connectivity index (χ0v) is 14.4. The topological polar surface area (TPSA) is 92.3 Å². The minimum Gasteiger partial charge on any atom is -0.293 e. The quantitative estimate of drug-likeness (QED) is 0.625. The number of halogens is 1. The van der Waals surface area contributed by atoms with Gasteiger partial charge in [-0.25, -0.2) is 14.4 Å². The molecule has 1 saturated carbocycles. The molecule has 9 heteroatoms. The fourth-order valence-electron chi connectivity index (χ4n) is 3.64. The molecular weight excluding hydrogens is 350 g/mol. The van der Waals surface area contributed by atoms with Crippen molar-refractivity contribution in [2.45, 2.75) is 18.8 Å². The molecule has 2 aliphatic rings. The fourth-order valence-corrected chi connectivity index (χ4v) is 3.64. The minimum absolute atomic E-state index is 0.0460. The Bertz CT molecular complexity index is 981. The standard InChI is InChI=1S/C18H14BFN4O3/c1-9-5-18(9)13-4-10(19)2-3-12(13)15(26)24(16(18)27)8-14(25)23-17-21-6-11(20)7-22-17/h2-4,6-7,9H,5,8H2,1H3,(H,21,22,23,25). The van der Waals surface area contributed by atoms with E-state index in [-0.39, 0.29) is 11.9 Å². The van der Waals surface area contributed by atoms with Crippen LogP contribution in [0.1, 0.15) is 29.3 Å². The molecule has 1 spiro atoms. The number of rotatable bonds is 3. The molecule has 7 nitrogen and oxygen atoms in total. The lowest BCUT2D eigenvalue weighted by molar-refractivity contribution is -0.135. The number of carbonyl (C=O) groups excluding carboxylic acids is 3. The van der Waals surface area contributed by atoms with E-state index < -0.39 is 35.5 Å². The summed E-state index contributed by atoms with van der Waals surface area (Å²) in [4.78, 5) is 46.3.